The molecule has 10 heteroatoms. The first kappa shape index (κ1) is 20.7. The molecule has 4 N–H and O–H groups in total. The van der Waals surface area contributed by atoms with Crippen molar-refractivity contribution in [2.45, 2.75) is 0 Å². The van der Waals surface area contributed by atoms with E-state index in [1.165, 1.54) is 4.90 Å². The molecular formula is C14H28N4O6. The number of carbonyl (C=O) groups is 2. The molecule has 0 aromatic rings. The van der Waals surface area contributed by atoms with Crippen LogP contribution < -0.4 is 11.5 Å². The maximum Gasteiger partial charge on any atom is 0.238 e. The van der Waals surface area contributed by atoms with Crippen molar-refractivity contribution < 1.29 is 28.5 Å². The molecular weight excluding hydrogens is 320 g/mol. The molecule has 1 aliphatic rings. The van der Waals surface area contributed by atoms with Crippen LogP contribution in [0.4, 0.5) is 0 Å². The van der Waals surface area contributed by atoms with Gasteiger partial charge in [0.05, 0.1) is 46.1 Å². The highest BCUT2D eigenvalue weighted by Crippen LogP contribution is 1.95. The third-order valence-corrected chi connectivity index (χ3v) is 3.36. The Labute approximate surface area is 141 Å². The molecule has 1 fully saturated rings. The summed E-state index contributed by atoms with van der Waals surface area (Å²) in [6.45, 7) is 3.01. The van der Waals surface area contributed by atoms with Crippen molar-refractivity contribution in [2.75, 3.05) is 79.3 Å². The summed E-state index contributed by atoms with van der Waals surface area (Å²) in [4.78, 5) is 26.5. The van der Waals surface area contributed by atoms with Crippen LogP contribution in [0.3, 0.4) is 0 Å². The van der Waals surface area contributed by atoms with E-state index in [-0.39, 0.29) is 38.4 Å². The van der Waals surface area contributed by atoms with Crippen LogP contribution in [-0.2, 0) is 28.5 Å². The lowest BCUT2D eigenvalue weighted by Gasteiger charge is -2.24. The summed E-state index contributed by atoms with van der Waals surface area (Å²) in [7, 11) is 0. The summed E-state index contributed by atoms with van der Waals surface area (Å²) in [5.41, 5.74) is 10.8. The van der Waals surface area contributed by atoms with Gasteiger partial charge < -0.3 is 40.2 Å². The van der Waals surface area contributed by atoms with Crippen LogP contribution in [0, 0.1) is 0 Å². The van der Waals surface area contributed by atoms with E-state index in [0.29, 0.717) is 52.7 Å². The number of hydrogen-bond donors (Lipinski definition) is 2. The van der Waals surface area contributed by atoms with Crippen LogP contribution in [0.1, 0.15) is 0 Å². The van der Waals surface area contributed by atoms with Crippen LogP contribution in [0.5, 0.6) is 0 Å². The van der Waals surface area contributed by atoms with Gasteiger partial charge in [-0.05, 0) is 0 Å². The van der Waals surface area contributed by atoms with Gasteiger partial charge in [0.1, 0.15) is 13.5 Å². The fourth-order valence-corrected chi connectivity index (χ4v) is 1.99. The molecule has 0 bridgehead atoms. The van der Waals surface area contributed by atoms with Crippen molar-refractivity contribution in [1.82, 2.24) is 9.80 Å². The Morgan fingerprint density at radius 2 is 1.21 bits per heavy atom. The van der Waals surface area contributed by atoms with Crippen molar-refractivity contribution in [3.05, 3.63) is 0 Å². The Morgan fingerprint density at radius 3 is 1.79 bits per heavy atom. The second-order valence-corrected chi connectivity index (χ2v) is 5.03. The SMILES string of the molecule is NCC(=O)N1CCOCCOCCN(C(=O)CN)COCOCC1. The molecule has 0 radical (unpaired) electrons. The Bertz CT molecular complexity index is 337. The maximum absolute atomic E-state index is 11.7. The number of carbonyl (C=O) groups excluding carboxylic acids is 2. The molecule has 0 aromatic heterocycles. The van der Waals surface area contributed by atoms with Gasteiger partial charge in [-0.3, -0.25) is 9.59 Å². The van der Waals surface area contributed by atoms with Crippen molar-refractivity contribution >= 4 is 11.8 Å². The lowest BCUT2D eigenvalue weighted by Crippen LogP contribution is -2.41. The molecule has 0 aliphatic carbocycles. The fourth-order valence-electron chi connectivity index (χ4n) is 1.99. The highest BCUT2D eigenvalue weighted by atomic mass is 16.7. The number of amides is 2. The smallest absolute Gasteiger partial charge is 0.238 e. The molecule has 0 saturated carbocycles. The number of nitrogens with two attached hydrogens (primary N) is 2. The highest BCUT2D eigenvalue weighted by molar-refractivity contribution is 5.78. The van der Waals surface area contributed by atoms with E-state index in [0.717, 1.165) is 0 Å². The standard InChI is InChI=1S/C14H28N4O6/c15-9-13(19)17-1-4-21-7-8-22-5-3-18(14(20)10-16)11-24-12-23-6-2-17/h1-12,15-16H2. The number of nitrogens with zero attached hydrogens (tertiary/aromatic N) is 2. The monoisotopic (exact) mass is 348 g/mol. The topological polar surface area (TPSA) is 130 Å². The summed E-state index contributed by atoms with van der Waals surface area (Å²) >= 11 is 0. The first-order valence-electron chi connectivity index (χ1n) is 7.95. The predicted molar refractivity (Wildman–Crippen MR) is 84.8 cm³/mol. The Kier molecular flexibility index (Phi) is 11.3. The first-order valence-corrected chi connectivity index (χ1v) is 7.95. The van der Waals surface area contributed by atoms with Crippen LogP contribution >= 0.6 is 0 Å². The summed E-state index contributed by atoms with van der Waals surface area (Å²) in [5.74, 6) is -0.393. The molecule has 1 rings (SSSR count). The zero-order valence-electron chi connectivity index (χ0n) is 14.0. The van der Waals surface area contributed by atoms with Gasteiger partial charge in [-0.2, -0.15) is 0 Å². The molecule has 1 heterocycles. The van der Waals surface area contributed by atoms with Gasteiger partial charge in [-0.25, -0.2) is 0 Å². The van der Waals surface area contributed by atoms with Gasteiger partial charge in [0.2, 0.25) is 11.8 Å². The minimum atomic E-state index is -0.226. The van der Waals surface area contributed by atoms with Crippen LogP contribution in [0.2, 0.25) is 0 Å². The van der Waals surface area contributed by atoms with E-state index in [1.807, 2.05) is 0 Å². The number of ether oxygens (including phenoxy) is 4. The largest absolute Gasteiger partial charge is 0.377 e. The molecule has 10 nitrogen and oxygen atoms in total. The quantitative estimate of drug-likeness (QED) is 0.563. The molecule has 0 spiro atoms. The molecule has 24 heavy (non-hydrogen) atoms. The van der Waals surface area contributed by atoms with Crippen molar-refractivity contribution in [3.63, 3.8) is 0 Å². The number of rotatable bonds is 2. The van der Waals surface area contributed by atoms with Crippen molar-refractivity contribution in [1.29, 1.82) is 0 Å². The highest BCUT2D eigenvalue weighted by Gasteiger charge is 2.13. The Balaban J connectivity index is 2.47. The van der Waals surface area contributed by atoms with Gasteiger partial charge in [0, 0.05) is 19.6 Å². The van der Waals surface area contributed by atoms with Gasteiger partial charge in [-0.1, -0.05) is 0 Å². The van der Waals surface area contributed by atoms with E-state index in [2.05, 4.69) is 0 Å². The van der Waals surface area contributed by atoms with E-state index >= 15 is 0 Å². The lowest BCUT2D eigenvalue weighted by atomic mass is 10.4. The summed E-state index contributed by atoms with van der Waals surface area (Å²) in [6.07, 6.45) is 0. The van der Waals surface area contributed by atoms with E-state index in [1.54, 1.807) is 4.90 Å². The molecule has 0 unspecified atom stereocenters. The van der Waals surface area contributed by atoms with Gasteiger partial charge >= 0.3 is 0 Å². The van der Waals surface area contributed by atoms with Crippen LogP contribution in [-0.4, -0.2) is 101 Å². The Hall–Kier alpha value is -1.30. The van der Waals surface area contributed by atoms with Crippen molar-refractivity contribution in [2.24, 2.45) is 11.5 Å². The third kappa shape index (κ3) is 8.52. The summed E-state index contributed by atoms with van der Waals surface area (Å²) < 4.78 is 21.5. The van der Waals surface area contributed by atoms with E-state index < -0.39 is 0 Å². The minimum absolute atomic E-state index is 0.0103. The molecule has 2 amide bonds. The maximum atomic E-state index is 11.7. The van der Waals surface area contributed by atoms with Gasteiger partial charge in [0.25, 0.3) is 0 Å². The molecule has 0 aromatic carbocycles. The zero-order chi connectivity index (χ0) is 17.6. The van der Waals surface area contributed by atoms with Gasteiger partial charge in [-0.15, -0.1) is 0 Å². The first-order chi connectivity index (χ1) is 11.7. The fraction of sp³-hybridized carbons (Fsp3) is 0.857. The van der Waals surface area contributed by atoms with E-state index in [4.69, 9.17) is 30.4 Å². The molecule has 140 valence electrons. The van der Waals surface area contributed by atoms with E-state index in [9.17, 15) is 9.59 Å². The normalized spacial score (nSPS) is 19.9. The minimum Gasteiger partial charge on any atom is -0.377 e. The predicted octanol–water partition coefficient (Wildman–Crippen LogP) is -2.44. The average molecular weight is 348 g/mol. The third-order valence-electron chi connectivity index (χ3n) is 3.36. The second kappa shape index (κ2) is 13.0. The average Bonchev–Trinajstić information content (AvgIpc) is 2.60. The Morgan fingerprint density at radius 1 is 0.708 bits per heavy atom. The molecule has 0 atom stereocenters. The second-order valence-electron chi connectivity index (χ2n) is 5.03. The number of hydrogen-bond acceptors (Lipinski definition) is 8. The van der Waals surface area contributed by atoms with Crippen molar-refractivity contribution in [3.8, 4) is 0 Å². The summed E-state index contributed by atoms with van der Waals surface area (Å²) in [6, 6.07) is 0. The van der Waals surface area contributed by atoms with Crippen LogP contribution in [0.25, 0.3) is 0 Å². The summed E-state index contributed by atoms with van der Waals surface area (Å²) in [5, 5.41) is 0. The van der Waals surface area contributed by atoms with Crippen LogP contribution in [0.15, 0.2) is 0 Å². The molecule has 1 saturated heterocycles. The zero-order valence-corrected chi connectivity index (χ0v) is 14.0. The lowest BCUT2D eigenvalue weighted by molar-refractivity contribution is -0.145. The molecule has 1 aliphatic heterocycles. The van der Waals surface area contributed by atoms with Gasteiger partial charge in [0.15, 0.2) is 0 Å².